The molecule has 0 amide bonds. The predicted octanol–water partition coefficient (Wildman–Crippen LogP) is 2.16. The number of hydrogen-bond acceptors (Lipinski definition) is 2. The number of carboxylic acid groups (broad SMARTS) is 1. The molecule has 0 aliphatic carbocycles. The van der Waals surface area contributed by atoms with Crippen molar-refractivity contribution in [3.05, 3.63) is 22.4 Å². The van der Waals surface area contributed by atoms with Gasteiger partial charge in [0.05, 0.1) is 0 Å². The maximum atomic E-state index is 10.0. The third-order valence-electron chi connectivity index (χ3n) is 1.50. The normalized spacial score (nSPS) is 8.92. The summed E-state index contributed by atoms with van der Waals surface area (Å²) in [5.74, 6) is 3.65. The third-order valence-corrected chi connectivity index (χ3v) is 2.44. The first-order chi connectivity index (χ1) is 6.29. The average Bonchev–Trinajstić information content (AvgIpc) is 2.55. The molecule has 68 valence electrons. The molecule has 2 nitrogen and oxygen atoms in total. The second kappa shape index (κ2) is 5.39. The maximum Gasteiger partial charge on any atom is 0.381 e. The summed E-state index contributed by atoms with van der Waals surface area (Å²) in [6.07, 6.45) is 2.58. The molecule has 0 atom stereocenters. The van der Waals surface area contributed by atoms with E-state index < -0.39 is 5.97 Å². The summed E-state index contributed by atoms with van der Waals surface area (Å²) in [4.78, 5) is 11.4. The van der Waals surface area contributed by atoms with Crippen molar-refractivity contribution in [1.29, 1.82) is 0 Å². The maximum absolute atomic E-state index is 10.0. The largest absolute Gasteiger partial charge is 0.472 e. The van der Waals surface area contributed by atoms with Gasteiger partial charge in [-0.25, -0.2) is 4.79 Å². The van der Waals surface area contributed by atoms with Crippen LogP contribution in [0.1, 0.15) is 17.7 Å². The minimum absolute atomic E-state index is 0.657. The number of carboxylic acids is 1. The van der Waals surface area contributed by atoms with Crippen LogP contribution in [0.4, 0.5) is 0 Å². The van der Waals surface area contributed by atoms with Crippen molar-refractivity contribution >= 4 is 17.3 Å². The molecular weight excluding hydrogens is 184 g/mol. The van der Waals surface area contributed by atoms with Crippen LogP contribution in [0.15, 0.2) is 17.5 Å². The first-order valence-electron chi connectivity index (χ1n) is 4.03. The molecule has 1 N–H and O–H groups in total. The van der Waals surface area contributed by atoms with Crippen LogP contribution in [0.3, 0.4) is 0 Å². The van der Waals surface area contributed by atoms with Crippen LogP contribution < -0.4 is 0 Å². The zero-order valence-corrected chi connectivity index (χ0v) is 7.93. The van der Waals surface area contributed by atoms with Gasteiger partial charge in [0.15, 0.2) is 0 Å². The summed E-state index contributed by atoms with van der Waals surface area (Å²) >= 11 is 1.72. The standard InChI is InChI=1S/C10H10O2S/c11-10(12)7-3-1-2-5-9-6-4-8-13-9/h4,6,8H,1-2,5H2,(H,11,12). The smallest absolute Gasteiger partial charge is 0.381 e. The SMILES string of the molecule is O=C(O)C#CCCCc1cccs1. The van der Waals surface area contributed by atoms with E-state index in [1.807, 2.05) is 11.4 Å². The Balaban J connectivity index is 2.16. The fourth-order valence-corrected chi connectivity index (χ4v) is 1.70. The first-order valence-corrected chi connectivity index (χ1v) is 4.91. The highest BCUT2D eigenvalue weighted by Gasteiger charge is 1.91. The minimum Gasteiger partial charge on any atom is -0.472 e. The Morgan fingerprint density at radius 2 is 2.46 bits per heavy atom. The lowest BCUT2D eigenvalue weighted by atomic mass is 10.2. The summed E-state index contributed by atoms with van der Waals surface area (Å²) in [6, 6.07) is 4.10. The van der Waals surface area contributed by atoms with Crippen LogP contribution in [-0.2, 0) is 11.2 Å². The molecule has 1 aromatic heterocycles. The lowest BCUT2D eigenvalue weighted by molar-refractivity contribution is -0.130. The summed E-state index contributed by atoms with van der Waals surface area (Å²) in [6.45, 7) is 0. The molecule has 13 heavy (non-hydrogen) atoms. The Labute approximate surface area is 81.2 Å². The van der Waals surface area contributed by atoms with E-state index in [1.165, 1.54) is 4.88 Å². The van der Waals surface area contributed by atoms with Gasteiger partial charge in [-0.05, 0) is 24.3 Å². The molecule has 0 aliphatic heterocycles. The summed E-state index contributed by atoms with van der Waals surface area (Å²) in [5, 5.41) is 10.3. The Bertz CT molecular complexity index is 316. The van der Waals surface area contributed by atoms with Crippen molar-refractivity contribution in [3.8, 4) is 11.8 Å². The van der Waals surface area contributed by atoms with Crippen molar-refractivity contribution in [2.24, 2.45) is 0 Å². The van der Waals surface area contributed by atoms with Gasteiger partial charge in [-0.2, -0.15) is 0 Å². The van der Waals surface area contributed by atoms with Crippen LogP contribution in [0.2, 0.25) is 0 Å². The van der Waals surface area contributed by atoms with Gasteiger partial charge in [-0.1, -0.05) is 12.0 Å². The van der Waals surface area contributed by atoms with E-state index in [9.17, 15) is 4.79 Å². The quantitative estimate of drug-likeness (QED) is 0.591. The van der Waals surface area contributed by atoms with E-state index in [-0.39, 0.29) is 0 Å². The van der Waals surface area contributed by atoms with Crippen molar-refractivity contribution in [3.63, 3.8) is 0 Å². The first kappa shape index (κ1) is 9.82. The van der Waals surface area contributed by atoms with Gasteiger partial charge in [0.2, 0.25) is 0 Å². The van der Waals surface area contributed by atoms with Gasteiger partial charge in [-0.3, -0.25) is 0 Å². The molecule has 1 rings (SSSR count). The predicted molar refractivity (Wildman–Crippen MR) is 52.7 cm³/mol. The highest BCUT2D eigenvalue weighted by Crippen LogP contribution is 2.11. The Morgan fingerprint density at radius 1 is 1.62 bits per heavy atom. The Kier molecular flexibility index (Phi) is 4.07. The van der Waals surface area contributed by atoms with Crippen LogP contribution in [0.5, 0.6) is 0 Å². The number of thiophene rings is 1. The van der Waals surface area contributed by atoms with Gasteiger partial charge in [0.1, 0.15) is 0 Å². The average molecular weight is 194 g/mol. The Hall–Kier alpha value is -1.27. The topological polar surface area (TPSA) is 37.3 Å². The molecule has 1 aromatic rings. The van der Waals surface area contributed by atoms with E-state index >= 15 is 0 Å². The van der Waals surface area contributed by atoms with E-state index in [2.05, 4.69) is 17.9 Å². The lowest BCUT2D eigenvalue weighted by Crippen LogP contribution is -1.86. The summed E-state index contributed by atoms with van der Waals surface area (Å²) < 4.78 is 0. The van der Waals surface area contributed by atoms with Crippen LogP contribution in [0.25, 0.3) is 0 Å². The van der Waals surface area contributed by atoms with Crippen molar-refractivity contribution in [2.75, 3.05) is 0 Å². The molecular formula is C10H10O2S. The van der Waals surface area contributed by atoms with Gasteiger partial charge >= 0.3 is 5.97 Å². The van der Waals surface area contributed by atoms with Crippen molar-refractivity contribution in [1.82, 2.24) is 0 Å². The molecule has 0 fully saturated rings. The number of aryl methyl sites for hydroxylation is 1. The zero-order chi connectivity index (χ0) is 9.52. The van der Waals surface area contributed by atoms with Crippen molar-refractivity contribution in [2.45, 2.75) is 19.3 Å². The number of hydrogen-bond donors (Lipinski definition) is 1. The molecule has 0 spiro atoms. The minimum atomic E-state index is -1.05. The lowest BCUT2D eigenvalue weighted by Gasteiger charge is -1.90. The van der Waals surface area contributed by atoms with Crippen LogP contribution in [0, 0.1) is 11.8 Å². The molecule has 0 radical (unpaired) electrons. The number of unbranched alkanes of at least 4 members (excludes halogenated alkanes) is 1. The number of rotatable bonds is 3. The third kappa shape index (κ3) is 4.34. The highest BCUT2D eigenvalue weighted by atomic mass is 32.1. The fourth-order valence-electron chi connectivity index (χ4n) is 0.944. The van der Waals surface area contributed by atoms with Crippen molar-refractivity contribution < 1.29 is 9.90 Å². The Morgan fingerprint density at radius 3 is 3.08 bits per heavy atom. The molecule has 0 bridgehead atoms. The van der Waals surface area contributed by atoms with E-state index in [0.29, 0.717) is 6.42 Å². The van der Waals surface area contributed by atoms with E-state index in [1.54, 1.807) is 11.3 Å². The van der Waals surface area contributed by atoms with Gasteiger partial charge in [-0.15, -0.1) is 11.3 Å². The molecule has 0 saturated carbocycles. The molecule has 1 heterocycles. The summed E-state index contributed by atoms with van der Waals surface area (Å²) in [7, 11) is 0. The van der Waals surface area contributed by atoms with Gasteiger partial charge in [0.25, 0.3) is 0 Å². The second-order valence-corrected chi connectivity index (χ2v) is 3.57. The number of aliphatic carboxylic acids is 1. The molecule has 0 aliphatic rings. The zero-order valence-electron chi connectivity index (χ0n) is 7.12. The van der Waals surface area contributed by atoms with Crippen LogP contribution in [-0.4, -0.2) is 11.1 Å². The number of carbonyl (C=O) groups is 1. The summed E-state index contributed by atoms with van der Waals surface area (Å²) in [5.41, 5.74) is 0. The highest BCUT2D eigenvalue weighted by molar-refractivity contribution is 7.09. The molecule has 0 aromatic carbocycles. The van der Waals surface area contributed by atoms with E-state index in [0.717, 1.165) is 12.8 Å². The van der Waals surface area contributed by atoms with Crippen LogP contribution >= 0.6 is 11.3 Å². The monoisotopic (exact) mass is 194 g/mol. The van der Waals surface area contributed by atoms with E-state index in [4.69, 9.17) is 5.11 Å². The fraction of sp³-hybridized carbons (Fsp3) is 0.300. The molecule has 0 unspecified atom stereocenters. The van der Waals surface area contributed by atoms with Gasteiger partial charge < -0.3 is 5.11 Å². The van der Waals surface area contributed by atoms with Gasteiger partial charge in [0, 0.05) is 17.2 Å². The molecule has 0 saturated heterocycles. The second-order valence-electron chi connectivity index (χ2n) is 2.54. The molecule has 3 heteroatoms.